The summed E-state index contributed by atoms with van der Waals surface area (Å²) in [4.78, 5) is 29.4. The Hall–Kier alpha value is -2.89. The number of alkyl carbamates (subject to hydrolysis) is 1. The Balaban J connectivity index is 1.97. The first-order valence-electron chi connectivity index (χ1n) is 10.1. The largest absolute Gasteiger partial charge is 0.444 e. The third kappa shape index (κ3) is 5.56. The molecule has 0 saturated heterocycles. The van der Waals surface area contributed by atoms with Gasteiger partial charge in [-0.1, -0.05) is 31.5 Å². The van der Waals surface area contributed by atoms with Crippen LogP contribution in [-0.4, -0.2) is 22.6 Å². The van der Waals surface area contributed by atoms with E-state index in [9.17, 15) is 9.59 Å². The summed E-state index contributed by atoms with van der Waals surface area (Å²) >= 11 is 0. The van der Waals surface area contributed by atoms with Crippen LogP contribution in [0.4, 0.5) is 10.5 Å². The first-order valence-corrected chi connectivity index (χ1v) is 10.1. The van der Waals surface area contributed by atoms with Crippen molar-refractivity contribution in [2.75, 3.05) is 5.32 Å². The standard InChI is InChI=1S/C23H29N3O3/c1-15-8-7-11-19(26-22(28)29-23(2,3)4)17-12-16(13-24-14-17)18-9-5-6-10-20(18)25-21(15)27/h5-6,9-10,12-15,19H,7-8,11H2,1-4H3,(H,25,27)(H,26,28)/t15-,19+/m1/s1. The van der Waals surface area contributed by atoms with Gasteiger partial charge in [-0.05, 0) is 51.3 Å². The maximum absolute atomic E-state index is 12.6. The van der Waals surface area contributed by atoms with Crippen molar-refractivity contribution in [3.8, 4) is 11.1 Å². The molecule has 2 atom stereocenters. The number of pyridine rings is 1. The second-order valence-corrected chi connectivity index (χ2v) is 8.57. The van der Waals surface area contributed by atoms with Crippen LogP contribution in [0, 0.1) is 5.92 Å². The van der Waals surface area contributed by atoms with Crippen molar-refractivity contribution in [1.82, 2.24) is 10.3 Å². The summed E-state index contributed by atoms with van der Waals surface area (Å²) in [7, 11) is 0. The summed E-state index contributed by atoms with van der Waals surface area (Å²) in [5.74, 6) is -0.125. The van der Waals surface area contributed by atoms with E-state index in [4.69, 9.17) is 4.74 Å². The van der Waals surface area contributed by atoms with Gasteiger partial charge in [0.2, 0.25) is 5.91 Å². The lowest BCUT2D eigenvalue weighted by atomic mass is 9.94. The van der Waals surface area contributed by atoms with Crippen molar-refractivity contribution < 1.29 is 14.3 Å². The van der Waals surface area contributed by atoms with Crippen LogP contribution in [0.5, 0.6) is 0 Å². The Kier molecular flexibility index (Phi) is 6.20. The predicted octanol–water partition coefficient (Wildman–Crippen LogP) is 5.07. The van der Waals surface area contributed by atoms with Gasteiger partial charge in [-0.2, -0.15) is 0 Å². The minimum absolute atomic E-state index is 0.00112. The Morgan fingerprint density at radius 2 is 1.97 bits per heavy atom. The molecule has 0 radical (unpaired) electrons. The quantitative estimate of drug-likeness (QED) is 0.706. The number of hydrogen-bond donors (Lipinski definition) is 2. The Morgan fingerprint density at radius 1 is 1.21 bits per heavy atom. The monoisotopic (exact) mass is 395 g/mol. The molecule has 1 aromatic carbocycles. The molecule has 2 N–H and O–H groups in total. The predicted molar refractivity (Wildman–Crippen MR) is 113 cm³/mol. The van der Waals surface area contributed by atoms with Crippen LogP contribution in [0.25, 0.3) is 11.1 Å². The molecule has 1 aliphatic rings. The molecule has 0 fully saturated rings. The highest BCUT2D eigenvalue weighted by atomic mass is 16.6. The van der Waals surface area contributed by atoms with Gasteiger partial charge in [0.25, 0.3) is 0 Å². The minimum atomic E-state index is -0.568. The molecular formula is C23H29N3O3. The average molecular weight is 396 g/mol. The number of rotatable bonds is 1. The zero-order chi connectivity index (χ0) is 21.0. The van der Waals surface area contributed by atoms with E-state index in [0.29, 0.717) is 6.42 Å². The van der Waals surface area contributed by atoms with Gasteiger partial charge in [-0.25, -0.2) is 4.79 Å². The first kappa shape index (κ1) is 20.8. The van der Waals surface area contributed by atoms with Crippen LogP contribution < -0.4 is 10.6 Å². The fraction of sp³-hybridized carbons (Fsp3) is 0.435. The van der Waals surface area contributed by atoms with E-state index in [1.807, 2.05) is 58.0 Å². The van der Waals surface area contributed by atoms with E-state index in [1.54, 1.807) is 12.4 Å². The number of fused-ring (bicyclic) bond motifs is 4. The van der Waals surface area contributed by atoms with Crippen molar-refractivity contribution in [2.45, 2.75) is 58.6 Å². The van der Waals surface area contributed by atoms with Gasteiger partial charge in [0, 0.05) is 35.1 Å². The third-order valence-corrected chi connectivity index (χ3v) is 4.93. The number of aromatic nitrogens is 1. The smallest absolute Gasteiger partial charge is 0.408 e. The number of ether oxygens (including phenoxy) is 1. The van der Waals surface area contributed by atoms with Gasteiger partial charge in [0.05, 0.1) is 6.04 Å². The number of hydrogen-bond acceptors (Lipinski definition) is 4. The Morgan fingerprint density at radius 3 is 2.72 bits per heavy atom. The molecule has 6 nitrogen and oxygen atoms in total. The summed E-state index contributed by atoms with van der Waals surface area (Å²) < 4.78 is 5.44. The summed E-state index contributed by atoms with van der Waals surface area (Å²) in [5.41, 5.74) is 2.91. The number of amides is 2. The van der Waals surface area contributed by atoms with E-state index < -0.39 is 11.7 Å². The zero-order valence-corrected chi connectivity index (χ0v) is 17.5. The molecule has 2 amide bonds. The third-order valence-electron chi connectivity index (χ3n) is 4.93. The molecule has 1 aliphatic heterocycles. The normalized spacial score (nSPS) is 19.8. The van der Waals surface area contributed by atoms with Crippen LogP contribution in [0.1, 0.15) is 58.6 Å². The molecule has 6 heteroatoms. The summed E-state index contributed by atoms with van der Waals surface area (Å²) in [6.45, 7) is 7.45. The molecule has 0 spiro atoms. The van der Waals surface area contributed by atoms with Crippen molar-refractivity contribution in [2.24, 2.45) is 5.92 Å². The van der Waals surface area contributed by atoms with Crippen LogP contribution in [0.3, 0.4) is 0 Å². The number of nitrogens with zero attached hydrogens (tertiary/aromatic N) is 1. The molecule has 0 saturated carbocycles. The number of benzene rings is 1. The lowest BCUT2D eigenvalue weighted by Gasteiger charge is -2.25. The first-order chi connectivity index (χ1) is 13.7. The number of nitrogens with one attached hydrogen (secondary N) is 2. The molecule has 2 heterocycles. The van der Waals surface area contributed by atoms with E-state index in [0.717, 1.165) is 35.2 Å². The molecule has 154 valence electrons. The van der Waals surface area contributed by atoms with E-state index in [1.165, 1.54) is 0 Å². The van der Waals surface area contributed by atoms with Crippen molar-refractivity contribution in [1.29, 1.82) is 0 Å². The molecule has 0 unspecified atom stereocenters. The SMILES string of the molecule is C[C@@H]1CCC[C@H](NC(=O)OC(C)(C)C)c2cncc(c2)-c2ccccc2NC1=O. The van der Waals surface area contributed by atoms with Gasteiger partial charge >= 0.3 is 6.09 Å². The van der Waals surface area contributed by atoms with Crippen LogP contribution in [0.2, 0.25) is 0 Å². The maximum atomic E-state index is 12.6. The van der Waals surface area contributed by atoms with E-state index in [-0.39, 0.29) is 17.9 Å². The van der Waals surface area contributed by atoms with Gasteiger partial charge in [0.1, 0.15) is 5.60 Å². The van der Waals surface area contributed by atoms with E-state index in [2.05, 4.69) is 15.6 Å². The second kappa shape index (κ2) is 8.64. The maximum Gasteiger partial charge on any atom is 0.408 e. The zero-order valence-electron chi connectivity index (χ0n) is 17.5. The van der Waals surface area contributed by atoms with Crippen molar-refractivity contribution in [3.05, 3.63) is 48.3 Å². The van der Waals surface area contributed by atoms with Gasteiger partial charge in [-0.15, -0.1) is 0 Å². The molecular weight excluding hydrogens is 366 g/mol. The topological polar surface area (TPSA) is 80.3 Å². The van der Waals surface area contributed by atoms with Crippen LogP contribution in [0.15, 0.2) is 42.7 Å². The lowest BCUT2D eigenvalue weighted by Crippen LogP contribution is -2.35. The summed E-state index contributed by atoms with van der Waals surface area (Å²) in [6.07, 6.45) is 5.32. The van der Waals surface area contributed by atoms with Gasteiger partial charge < -0.3 is 15.4 Å². The minimum Gasteiger partial charge on any atom is -0.444 e. The van der Waals surface area contributed by atoms with Crippen LogP contribution >= 0.6 is 0 Å². The number of carbonyl (C=O) groups is 2. The van der Waals surface area contributed by atoms with Crippen molar-refractivity contribution in [3.63, 3.8) is 0 Å². The summed E-state index contributed by atoms with van der Waals surface area (Å²) in [6, 6.07) is 9.48. The van der Waals surface area contributed by atoms with Gasteiger partial charge in [0.15, 0.2) is 0 Å². The fourth-order valence-corrected chi connectivity index (χ4v) is 3.43. The highest BCUT2D eigenvalue weighted by molar-refractivity contribution is 5.96. The molecule has 29 heavy (non-hydrogen) atoms. The van der Waals surface area contributed by atoms with Gasteiger partial charge in [-0.3, -0.25) is 9.78 Å². The number of carbonyl (C=O) groups excluding carboxylic acids is 2. The highest BCUT2D eigenvalue weighted by Gasteiger charge is 2.23. The second-order valence-electron chi connectivity index (χ2n) is 8.57. The number of para-hydroxylation sites is 1. The molecule has 2 bridgehead atoms. The fourth-order valence-electron chi connectivity index (χ4n) is 3.43. The van der Waals surface area contributed by atoms with E-state index >= 15 is 0 Å². The Bertz CT molecular complexity index is 889. The summed E-state index contributed by atoms with van der Waals surface area (Å²) in [5, 5.41) is 6.03. The molecule has 2 aromatic rings. The lowest BCUT2D eigenvalue weighted by molar-refractivity contribution is -0.119. The average Bonchev–Trinajstić information content (AvgIpc) is 2.65. The van der Waals surface area contributed by atoms with Crippen molar-refractivity contribution >= 4 is 17.7 Å². The molecule has 1 aromatic heterocycles. The number of anilines is 1. The Labute approximate surface area is 172 Å². The highest BCUT2D eigenvalue weighted by Crippen LogP contribution is 2.32. The molecule has 0 aliphatic carbocycles. The van der Waals surface area contributed by atoms with Crippen LogP contribution in [-0.2, 0) is 9.53 Å². The molecule has 3 rings (SSSR count).